The fourth-order valence-corrected chi connectivity index (χ4v) is 1.88. The summed E-state index contributed by atoms with van der Waals surface area (Å²) in [4.78, 5) is 58.1. The molecule has 0 spiro atoms. The van der Waals surface area contributed by atoms with Crippen LogP contribution in [-0.4, -0.2) is 69.1 Å². The Kier molecular flexibility index (Phi) is 27.8. The first-order chi connectivity index (χ1) is 10.9. The van der Waals surface area contributed by atoms with Crippen LogP contribution < -0.4 is 14.7 Å². The summed E-state index contributed by atoms with van der Waals surface area (Å²) in [6, 6.07) is 0. The summed E-state index contributed by atoms with van der Waals surface area (Å²) in [5.74, 6) is -3.21. The third-order valence-electron chi connectivity index (χ3n) is 1.63. The van der Waals surface area contributed by atoms with Gasteiger partial charge in [0.25, 0.3) is 0 Å². The second kappa shape index (κ2) is 21.6. The minimum Gasteiger partial charge on any atom is -0.802 e. The van der Waals surface area contributed by atoms with E-state index in [0.717, 1.165) is 0 Å². The normalized spacial score (nSPS) is 12.6. The third kappa shape index (κ3) is 51.7. The third-order valence-corrected chi connectivity index (χ3v) is 3.60. The molecule has 0 aromatic carbocycles. The molecule has 0 amide bonds. The predicted molar refractivity (Wildman–Crippen MR) is 84.1 cm³/mol. The smallest absolute Gasteiger partial charge is 0.802 e. The molecule has 0 saturated carbocycles. The zero-order valence-corrected chi connectivity index (χ0v) is 17.0. The van der Waals surface area contributed by atoms with Gasteiger partial charge in [-0.1, -0.05) is 0 Å². The van der Waals surface area contributed by atoms with E-state index >= 15 is 0 Å². The number of aliphatic carboxylic acids is 3. The van der Waals surface area contributed by atoms with Gasteiger partial charge in [-0.05, 0) is 18.5 Å². The van der Waals surface area contributed by atoms with E-state index in [1.165, 1.54) is 0 Å². The number of hydrogen-bond acceptors (Lipinski definition) is 9. The van der Waals surface area contributed by atoms with Gasteiger partial charge in [-0.25, -0.2) is 0 Å². The molecular weight excluding hydrogens is 420 g/mol. The minimum absolute atomic E-state index is 0. The fraction of sp³-hybridized carbons (Fsp3) is 0.667. The van der Waals surface area contributed by atoms with Crippen LogP contribution in [0.15, 0.2) is 0 Å². The van der Waals surface area contributed by atoms with Gasteiger partial charge in [-0.3, -0.25) is 14.4 Å². The van der Waals surface area contributed by atoms with Crippen molar-refractivity contribution in [1.29, 1.82) is 0 Å². The van der Waals surface area contributed by atoms with Crippen LogP contribution in [0.3, 0.4) is 0 Å². The van der Waals surface area contributed by atoms with Crippen molar-refractivity contribution in [3.63, 3.8) is 0 Å². The molecule has 144 valence electrons. The van der Waals surface area contributed by atoms with Crippen molar-refractivity contribution in [2.24, 2.45) is 0 Å². The molecule has 0 radical (unpaired) electrons. The van der Waals surface area contributed by atoms with E-state index in [-0.39, 0.29) is 55.1 Å². The van der Waals surface area contributed by atoms with Gasteiger partial charge in [0.2, 0.25) is 0 Å². The molecule has 0 saturated heterocycles. The van der Waals surface area contributed by atoms with Crippen LogP contribution >= 0.6 is 24.1 Å². The van der Waals surface area contributed by atoms with E-state index in [1.54, 1.807) is 0 Å². The van der Waals surface area contributed by atoms with E-state index in [2.05, 4.69) is 0 Å². The van der Waals surface area contributed by atoms with Crippen LogP contribution in [0.2, 0.25) is 0 Å². The number of rotatable bonds is 9. The molecule has 25 heavy (non-hydrogen) atoms. The SMILES string of the molecule is O=C(O)CC[PH](=O)[O-].O=C(O)CC[PH](=O)[O-].O=C(O)CC[PH](=O)[O-].[Al+3]. The summed E-state index contributed by atoms with van der Waals surface area (Å²) in [7, 11) is -8.43. The van der Waals surface area contributed by atoms with Crippen LogP contribution in [0.4, 0.5) is 0 Å². The molecule has 0 heterocycles. The standard InChI is InChI=1S/3C3H7O4P.Al/c3*4-3(5)1-2-8(6)7;/h3*8H,1-2H2,(H,4,5)(H,6,7);/q;;;+3/p-3. The summed E-state index contributed by atoms with van der Waals surface area (Å²) in [5, 5.41) is 23.7. The van der Waals surface area contributed by atoms with Crippen LogP contribution in [-0.2, 0) is 28.1 Å². The predicted octanol–water partition coefficient (Wildman–Crippen LogP) is -2.49. The maximum absolute atomic E-state index is 9.71. The maximum atomic E-state index is 9.71. The van der Waals surface area contributed by atoms with E-state index in [4.69, 9.17) is 15.3 Å². The minimum atomic E-state index is -2.81. The first-order valence-electron chi connectivity index (χ1n) is 6.13. The van der Waals surface area contributed by atoms with Gasteiger partial charge in [-0.2, -0.15) is 0 Å². The molecule has 0 bridgehead atoms. The Morgan fingerprint density at radius 1 is 0.600 bits per heavy atom. The van der Waals surface area contributed by atoms with Gasteiger partial charge in [0.15, 0.2) is 0 Å². The van der Waals surface area contributed by atoms with Gasteiger partial charge in [0.1, 0.15) is 0 Å². The Morgan fingerprint density at radius 2 is 0.760 bits per heavy atom. The van der Waals surface area contributed by atoms with Crippen molar-refractivity contribution in [3.8, 4) is 0 Å². The fourth-order valence-electron chi connectivity index (χ4n) is 0.627. The Morgan fingerprint density at radius 3 is 0.800 bits per heavy atom. The molecule has 3 N–H and O–H groups in total. The van der Waals surface area contributed by atoms with Crippen molar-refractivity contribution in [3.05, 3.63) is 0 Å². The molecule has 3 atom stereocenters. The van der Waals surface area contributed by atoms with Crippen LogP contribution in [0.5, 0.6) is 0 Å². The Bertz CT molecular complexity index is 360. The summed E-state index contributed by atoms with van der Waals surface area (Å²) in [6.07, 6.45) is -1.50. The largest absolute Gasteiger partial charge is 3.00 e. The second-order valence-corrected chi connectivity index (χ2v) is 7.53. The topological polar surface area (TPSA) is 232 Å². The Balaban J connectivity index is -0.000000130. The maximum Gasteiger partial charge on any atom is 3.00 e. The molecule has 12 nitrogen and oxygen atoms in total. The summed E-state index contributed by atoms with van der Waals surface area (Å²) in [6.45, 7) is 0. The van der Waals surface area contributed by atoms with Crippen LogP contribution in [0, 0.1) is 0 Å². The molecule has 0 aromatic rings. The molecule has 0 fully saturated rings. The first-order valence-corrected chi connectivity index (χ1v) is 10.7. The van der Waals surface area contributed by atoms with Crippen LogP contribution in [0.25, 0.3) is 0 Å². The second-order valence-electron chi connectivity index (χ2n) is 3.80. The molecule has 16 heteroatoms. The van der Waals surface area contributed by atoms with E-state index in [1.807, 2.05) is 0 Å². The molecule has 0 rings (SSSR count). The average Bonchev–Trinajstić information content (AvgIpc) is 2.42. The Labute approximate surface area is 155 Å². The van der Waals surface area contributed by atoms with E-state index in [9.17, 15) is 42.8 Å². The van der Waals surface area contributed by atoms with Crippen molar-refractivity contribution in [1.82, 2.24) is 0 Å². The molecule has 0 aliphatic heterocycles. The molecule has 0 aliphatic carbocycles. The molecule has 0 aromatic heterocycles. The zero-order valence-electron chi connectivity index (χ0n) is 12.8. The van der Waals surface area contributed by atoms with Crippen molar-refractivity contribution < 1.29 is 58.1 Å². The van der Waals surface area contributed by atoms with E-state index < -0.39 is 42.0 Å². The number of carbonyl (C=O) groups is 3. The van der Waals surface area contributed by atoms with Crippen LogP contribution in [0.1, 0.15) is 19.3 Å². The molecule has 0 aliphatic rings. The quantitative estimate of drug-likeness (QED) is 0.251. The van der Waals surface area contributed by atoms with Gasteiger partial charge in [-0.15, -0.1) is 0 Å². The average molecular weight is 438 g/mol. The van der Waals surface area contributed by atoms with Gasteiger partial charge >= 0.3 is 35.3 Å². The van der Waals surface area contributed by atoms with Gasteiger partial charge < -0.3 is 43.7 Å². The zero-order chi connectivity index (χ0) is 19.7. The summed E-state index contributed by atoms with van der Waals surface area (Å²) >= 11 is 0. The van der Waals surface area contributed by atoms with Crippen molar-refractivity contribution in [2.45, 2.75) is 19.3 Å². The first kappa shape index (κ1) is 32.2. The van der Waals surface area contributed by atoms with Crippen molar-refractivity contribution in [2.75, 3.05) is 18.5 Å². The molecule has 3 unspecified atom stereocenters. The number of carboxylic acids is 3. The molecular formula is C9H18AlO12P3. The number of hydrogen-bond donors (Lipinski definition) is 3. The summed E-state index contributed by atoms with van der Waals surface area (Å²) < 4.78 is 29.1. The monoisotopic (exact) mass is 438 g/mol. The van der Waals surface area contributed by atoms with Gasteiger partial charge in [0.05, 0.1) is 19.3 Å². The van der Waals surface area contributed by atoms with E-state index in [0.29, 0.717) is 0 Å². The van der Waals surface area contributed by atoms with Gasteiger partial charge in [0, 0.05) is 24.1 Å². The van der Waals surface area contributed by atoms with Crippen molar-refractivity contribution >= 4 is 59.4 Å². The Hall–Kier alpha value is -0.488. The number of carboxylic acid groups (broad SMARTS) is 3. The summed E-state index contributed by atoms with van der Waals surface area (Å²) in [5.41, 5.74) is 0.